The molecule has 0 aromatic heterocycles. The van der Waals surface area contributed by atoms with Crippen LogP contribution in [0.25, 0.3) is 0 Å². The number of carbonyl (C=O) groups excluding carboxylic acids is 1. The topological polar surface area (TPSA) is 23.6 Å². The number of piperazine rings is 1. The molecule has 18 heavy (non-hydrogen) atoms. The first-order valence-corrected chi connectivity index (χ1v) is 6.50. The number of nitrogens with zero attached hydrogens (tertiary/aromatic N) is 2. The van der Waals surface area contributed by atoms with E-state index in [1.165, 1.54) is 0 Å². The minimum absolute atomic E-state index is 0.100. The molecule has 1 heterocycles. The fourth-order valence-corrected chi connectivity index (χ4v) is 2.29. The lowest BCUT2D eigenvalue weighted by atomic mass is 10.2. The van der Waals surface area contributed by atoms with Crippen LogP contribution in [0, 0.1) is 0 Å². The third kappa shape index (κ3) is 3.05. The van der Waals surface area contributed by atoms with Crippen LogP contribution in [0.5, 0.6) is 0 Å². The first kappa shape index (κ1) is 13.0. The van der Waals surface area contributed by atoms with Gasteiger partial charge in [-0.15, -0.1) is 0 Å². The molecule has 0 unspecified atom stereocenters. The maximum atomic E-state index is 11.7. The van der Waals surface area contributed by atoms with Gasteiger partial charge in [-0.2, -0.15) is 0 Å². The van der Waals surface area contributed by atoms with Crippen molar-refractivity contribution in [2.24, 2.45) is 0 Å². The Labute approximate surface area is 113 Å². The molecule has 0 bridgehead atoms. The Morgan fingerprint density at radius 2 is 2.00 bits per heavy atom. The molecule has 1 aliphatic rings. The molecule has 1 aromatic carbocycles. The van der Waals surface area contributed by atoms with Crippen LogP contribution in [0.4, 0.5) is 5.69 Å². The highest BCUT2D eigenvalue weighted by atomic mass is 35.5. The lowest BCUT2D eigenvalue weighted by Crippen LogP contribution is -2.48. The van der Waals surface area contributed by atoms with Gasteiger partial charge in [0.15, 0.2) is 0 Å². The molecule has 2 rings (SSSR count). The van der Waals surface area contributed by atoms with Gasteiger partial charge in [-0.1, -0.05) is 23.7 Å². The van der Waals surface area contributed by atoms with E-state index in [2.05, 4.69) is 11.0 Å². The highest BCUT2D eigenvalue weighted by molar-refractivity contribution is 6.30. The molecule has 0 spiro atoms. The summed E-state index contributed by atoms with van der Waals surface area (Å²) in [5, 5.41) is 0.750. The summed E-state index contributed by atoms with van der Waals surface area (Å²) < 4.78 is 0. The molecule has 4 heteroatoms. The van der Waals surface area contributed by atoms with E-state index in [0.29, 0.717) is 0 Å². The van der Waals surface area contributed by atoms with Gasteiger partial charge in [0.25, 0.3) is 0 Å². The Balaban J connectivity index is 1.96. The second kappa shape index (κ2) is 5.91. The molecule has 1 amide bonds. The third-order valence-corrected chi connectivity index (χ3v) is 3.31. The van der Waals surface area contributed by atoms with Crippen LogP contribution in [0.2, 0.25) is 5.02 Å². The van der Waals surface area contributed by atoms with Crippen molar-refractivity contribution in [1.82, 2.24) is 4.90 Å². The maximum absolute atomic E-state index is 11.7. The van der Waals surface area contributed by atoms with Gasteiger partial charge in [-0.3, -0.25) is 4.79 Å². The van der Waals surface area contributed by atoms with E-state index < -0.39 is 0 Å². The van der Waals surface area contributed by atoms with Crippen LogP contribution >= 0.6 is 11.6 Å². The zero-order chi connectivity index (χ0) is 13.0. The van der Waals surface area contributed by atoms with Crippen LogP contribution in [0.1, 0.15) is 6.92 Å². The molecule has 96 valence electrons. The van der Waals surface area contributed by atoms with Gasteiger partial charge in [0.05, 0.1) is 0 Å². The number of benzene rings is 1. The second-order valence-corrected chi connectivity index (χ2v) is 4.73. The van der Waals surface area contributed by atoms with Crippen molar-refractivity contribution in [3.8, 4) is 0 Å². The van der Waals surface area contributed by atoms with E-state index in [1.807, 2.05) is 30.0 Å². The number of carbonyl (C=O) groups is 1. The van der Waals surface area contributed by atoms with Crippen LogP contribution in [-0.4, -0.2) is 37.0 Å². The molecular formula is C14H17ClN2O. The Bertz CT molecular complexity index is 451. The molecule has 0 aliphatic carbocycles. The number of halogens is 1. The number of allylic oxidation sites excluding steroid dienone is 1. The molecule has 0 saturated carbocycles. The summed E-state index contributed by atoms with van der Waals surface area (Å²) >= 11 is 5.98. The quantitative estimate of drug-likeness (QED) is 0.767. The lowest BCUT2D eigenvalue weighted by Gasteiger charge is -2.35. The largest absolute Gasteiger partial charge is 0.368 e. The lowest BCUT2D eigenvalue weighted by molar-refractivity contribution is -0.126. The monoisotopic (exact) mass is 264 g/mol. The van der Waals surface area contributed by atoms with Crippen LogP contribution < -0.4 is 4.90 Å². The number of rotatable bonds is 2. The Kier molecular flexibility index (Phi) is 4.26. The fourth-order valence-electron chi connectivity index (χ4n) is 2.11. The number of amides is 1. The highest BCUT2D eigenvalue weighted by Crippen LogP contribution is 2.20. The summed E-state index contributed by atoms with van der Waals surface area (Å²) in [6.07, 6.45) is 3.40. The van der Waals surface area contributed by atoms with Crippen molar-refractivity contribution in [1.29, 1.82) is 0 Å². The first-order chi connectivity index (χ1) is 8.70. The van der Waals surface area contributed by atoms with E-state index in [1.54, 1.807) is 12.2 Å². The van der Waals surface area contributed by atoms with E-state index in [-0.39, 0.29) is 5.91 Å². The average Bonchev–Trinajstić information content (AvgIpc) is 2.39. The zero-order valence-corrected chi connectivity index (χ0v) is 11.2. The van der Waals surface area contributed by atoms with Gasteiger partial charge in [-0.25, -0.2) is 0 Å². The molecule has 0 atom stereocenters. The van der Waals surface area contributed by atoms with E-state index in [9.17, 15) is 4.79 Å². The minimum atomic E-state index is 0.100. The van der Waals surface area contributed by atoms with Crippen LogP contribution in [-0.2, 0) is 4.79 Å². The van der Waals surface area contributed by atoms with Crippen molar-refractivity contribution in [3.05, 3.63) is 41.4 Å². The van der Waals surface area contributed by atoms with E-state index in [4.69, 9.17) is 11.6 Å². The normalized spacial score (nSPS) is 16.3. The van der Waals surface area contributed by atoms with Crippen molar-refractivity contribution in [2.75, 3.05) is 31.1 Å². The molecule has 0 radical (unpaired) electrons. The standard InChI is InChI=1S/C14H17ClN2O/c1-2-4-14(18)17-9-7-16(8-10-17)13-6-3-5-12(15)11-13/h2-6,11H,7-10H2,1H3/b4-2+. The van der Waals surface area contributed by atoms with Gasteiger partial charge in [0, 0.05) is 36.9 Å². The molecule has 3 nitrogen and oxygen atoms in total. The van der Waals surface area contributed by atoms with Crippen LogP contribution in [0.3, 0.4) is 0 Å². The predicted molar refractivity (Wildman–Crippen MR) is 75.1 cm³/mol. The van der Waals surface area contributed by atoms with Crippen LogP contribution in [0.15, 0.2) is 36.4 Å². The molecule has 1 aromatic rings. The summed E-state index contributed by atoms with van der Waals surface area (Å²) in [5.74, 6) is 0.100. The van der Waals surface area contributed by atoms with Crippen molar-refractivity contribution in [3.63, 3.8) is 0 Å². The van der Waals surface area contributed by atoms with Gasteiger partial charge < -0.3 is 9.80 Å². The van der Waals surface area contributed by atoms with Gasteiger partial charge in [-0.05, 0) is 31.2 Å². The minimum Gasteiger partial charge on any atom is -0.368 e. The zero-order valence-electron chi connectivity index (χ0n) is 10.5. The number of hydrogen-bond donors (Lipinski definition) is 0. The van der Waals surface area contributed by atoms with Crippen molar-refractivity contribution < 1.29 is 4.79 Å². The Morgan fingerprint density at radius 3 is 2.61 bits per heavy atom. The SMILES string of the molecule is C/C=C/C(=O)N1CCN(c2cccc(Cl)c2)CC1. The summed E-state index contributed by atoms with van der Waals surface area (Å²) in [4.78, 5) is 15.8. The van der Waals surface area contributed by atoms with Gasteiger partial charge in [0.2, 0.25) is 5.91 Å². The third-order valence-electron chi connectivity index (χ3n) is 3.07. The van der Waals surface area contributed by atoms with Crippen molar-refractivity contribution in [2.45, 2.75) is 6.92 Å². The molecule has 1 fully saturated rings. The average molecular weight is 265 g/mol. The second-order valence-electron chi connectivity index (χ2n) is 4.29. The molecule has 1 saturated heterocycles. The molecule has 1 aliphatic heterocycles. The Morgan fingerprint density at radius 1 is 1.28 bits per heavy atom. The van der Waals surface area contributed by atoms with Gasteiger partial charge >= 0.3 is 0 Å². The molecular weight excluding hydrogens is 248 g/mol. The summed E-state index contributed by atoms with van der Waals surface area (Å²) in [5.41, 5.74) is 1.13. The summed E-state index contributed by atoms with van der Waals surface area (Å²) in [6.45, 7) is 5.08. The number of anilines is 1. The summed E-state index contributed by atoms with van der Waals surface area (Å²) in [6, 6.07) is 7.84. The predicted octanol–water partition coefficient (Wildman–Crippen LogP) is 2.56. The molecule has 0 N–H and O–H groups in total. The smallest absolute Gasteiger partial charge is 0.246 e. The Hall–Kier alpha value is -1.48. The van der Waals surface area contributed by atoms with E-state index >= 15 is 0 Å². The van der Waals surface area contributed by atoms with Crippen molar-refractivity contribution >= 4 is 23.2 Å². The fraction of sp³-hybridized carbons (Fsp3) is 0.357. The van der Waals surface area contributed by atoms with E-state index in [0.717, 1.165) is 36.9 Å². The highest BCUT2D eigenvalue weighted by Gasteiger charge is 2.19. The maximum Gasteiger partial charge on any atom is 0.246 e. The summed E-state index contributed by atoms with van der Waals surface area (Å²) in [7, 11) is 0. The van der Waals surface area contributed by atoms with Gasteiger partial charge in [0.1, 0.15) is 0 Å². The number of hydrogen-bond acceptors (Lipinski definition) is 2. The first-order valence-electron chi connectivity index (χ1n) is 6.13.